The first kappa shape index (κ1) is 37.8. The molecule has 12 nitrogen and oxygen atoms in total. The fourth-order valence-corrected chi connectivity index (χ4v) is 10.6. The Labute approximate surface area is 345 Å². The minimum Gasteiger partial charge on any atom is -0.464 e. The molecule has 4 N–H and O–H groups in total. The van der Waals surface area contributed by atoms with E-state index in [9.17, 15) is 9.59 Å². The van der Waals surface area contributed by atoms with Gasteiger partial charge < -0.3 is 35.0 Å². The Morgan fingerprint density at radius 3 is 2.51 bits per heavy atom. The van der Waals surface area contributed by atoms with E-state index in [4.69, 9.17) is 19.4 Å². The van der Waals surface area contributed by atoms with E-state index >= 15 is 4.39 Å². The maximum atomic E-state index is 16.7. The smallest absolute Gasteiger partial charge is 0.407 e. The zero-order valence-electron chi connectivity index (χ0n) is 34.0. The number of hydrogen-bond donors (Lipinski definition) is 4. The van der Waals surface area contributed by atoms with Crippen LogP contribution in [0.15, 0.2) is 60.9 Å². The molecule has 7 atom stereocenters. The molecule has 4 aliphatic rings. The number of aromatic amines is 2. The molecule has 1 aliphatic carbocycles. The number of thiophene rings is 1. The van der Waals surface area contributed by atoms with Gasteiger partial charge >= 0.3 is 6.09 Å². The van der Waals surface area contributed by atoms with Gasteiger partial charge in [0, 0.05) is 34.0 Å². The van der Waals surface area contributed by atoms with E-state index in [-0.39, 0.29) is 23.9 Å². The van der Waals surface area contributed by atoms with E-state index in [0.29, 0.717) is 53.3 Å². The molecule has 2 aromatic carbocycles. The van der Waals surface area contributed by atoms with Crippen LogP contribution in [0.4, 0.5) is 9.18 Å². The van der Waals surface area contributed by atoms with Gasteiger partial charge in [0.2, 0.25) is 12.1 Å². The summed E-state index contributed by atoms with van der Waals surface area (Å²) < 4.78 is 30.5. The third-order valence-corrected chi connectivity index (χ3v) is 14.3. The number of hydrogen-bond acceptors (Lipinski definition) is 8. The van der Waals surface area contributed by atoms with Crippen molar-refractivity contribution in [3.8, 4) is 39.5 Å². The molecule has 6 aromatic rings. The largest absolute Gasteiger partial charge is 0.464 e. The molecule has 14 heteroatoms. The summed E-state index contributed by atoms with van der Waals surface area (Å²) in [5.74, 6) is 3.11. The molecule has 3 aliphatic heterocycles. The fourth-order valence-electron chi connectivity index (χ4n) is 9.55. The second kappa shape index (κ2) is 14.4. The van der Waals surface area contributed by atoms with Crippen LogP contribution in [0.2, 0.25) is 0 Å². The molecule has 0 spiro atoms. The Kier molecular flexibility index (Phi) is 9.20. The van der Waals surface area contributed by atoms with E-state index in [0.717, 1.165) is 63.2 Å². The van der Waals surface area contributed by atoms with Crippen LogP contribution in [0.3, 0.4) is 0 Å². The highest BCUT2D eigenvalue weighted by Crippen LogP contribution is 2.51. The van der Waals surface area contributed by atoms with E-state index in [1.165, 1.54) is 18.1 Å². The fraction of sp³-hybridized carbons (Fsp3) is 0.422. The summed E-state index contributed by atoms with van der Waals surface area (Å²) in [6.07, 6.45) is 5.03. The number of nitrogens with one attached hydrogen (secondary N) is 4. The zero-order valence-corrected chi connectivity index (χ0v) is 34.8. The minimum absolute atomic E-state index is 0.151. The summed E-state index contributed by atoms with van der Waals surface area (Å²) >= 11 is 1.71. The molecule has 10 rings (SSSR count). The topological polar surface area (TPSA) is 142 Å². The van der Waals surface area contributed by atoms with Gasteiger partial charge in [-0.05, 0) is 85.4 Å². The first-order chi connectivity index (χ1) is 28.5. The SMILES string of the molecule is COC(=O)N[C@H](C(=O)N1CCC[C@H]1c1ncc(-c2cc(F)c3c(c2)OC(c2ccc(C(C)C)s2)n2c-3cc3cc(-c4cnc(C5C[C@H]6C(N5)[C@H]6C)[nH]4)ccc32)[nH]1)C(C)C. The number of benzene rings is 2. The Hall–Kier alpha value is -5.47. The van der Waals surface area contributed by atoms with Crippen molar-refractivity contribution in [2.75, 3.05) is 13.7 Å². The number of methoxy groups -OCH3 is 1. The number of carbonyl (C=O) groups excluding carboxylic acids is 2. The normalized spacial score (nSPS) is 23.6. The van der Waals surface area contributed by atoms with Gasteiger partial charge in [0.15, 0.2) is 0 Å². The number of piperidine rings is 1. The third-order valence-electron chi connectivity index (χ3n) is 12.9. The number of amides is 2. The Balaban J connectivity index is 0.987. The Bertz CT molecular complexity index is 2590. The van der Waals surface area contributed by atoms with Crippen molar-refractivity contribution in [2.24, 2.45) is 17.8 Å². The molecule has 1 saturated carbocycles. The van der Waals surface area contributed by atoms with Crippen LogP contribution in [-0.4, -0.2) is 67.1 Å². The van der Waals surface area contributed by atoms with Crippen molar-refractivity contribution in [1.82, 2.24) is 40.0 Å². The molecule has 3 fully saturated rings. The second-order valence-corrected chi connectivity index (χ2v) is 18.4. The van der Waals surface area contributed by atoms with Crippen LogP contribution >= 0.6 is 11.3 Å². The standard InChI is InChI=1S/C45H49FN8O4S/c1-21(2)36-11-12-37(59-36)44-54-32-10-9-24(30-19-47-41(50-30)29-18-27-23(5)40(27)49-29)14-26(32)16-34(54)38-28(46)15-25(17-35(38)58-44)31-20-48-42(51-31)33-8-7-13-53(33)43(55)39(22(3)4)52-45(56)57-6/h9-12,14-17,19-23,27,29,33,39-40,44,49H,7-8,13,18H2,1-6H3,(H,47,50)(H,48,51)(H,52,56)/t23-,27+,29?,33-,39-,40?,44?/m0/s1. The van der Waals surface area contributed by atoms with Crippen LogP contribution < -0.4 is 15.4 Å². The number of H-pyrrole nitrogens is 2. The Morgan fingerprint density at radius 2 is 1.78 bits per heavy atom. The molecular formula is C45H49FN8O4S. The molecule has 59 heavy (non-hydrogen) atoms. The van der Waals surface area contributed by atoms with Crippen molar-refractivity contribution in [3.63, 3.8) is 0 Å². The van der Waals surface area contributed by atoms with Gasteiger partial charge in [-0.25, -0.2) is 19.2 Å². The summed E-state index contributed by atoms with van der Waals surface area (Å²) in [6, 6.07) is 15.9. The highest BCUT2D eigenvalue weighted by molar-refractivity contribution is 7.12. The van der Waals surface area contributed by atoms with Gasteiger partial charge in [-0.1, -0.05) is 40.7 Å². The molecule has 3 unspecified atom stereocenters. The predicted molar refractivity (Wildman–Crippen MR) is 224 cm³/mol. The average molecular weight is 817 g/mol. The van der Waals surface area contributed by atoms with Gasteiger partial charge in [0.05, 0.1) is 64.6 Å². The van der Waals surface area contributed by atoms with Crippen LogP contribution in [0.25, 0.3) is 44.7 Å². The Morgan fingerprint density at radius 1 is 1.00 bits per heavy atom. The molecule has 306 valence electrons. The molecule has 2 amide bonds. The number of fused-ring (bicyclic) bond motifs is 6. The van der Waals surface area contributed by atoms with E-state index in [2.05, 4.69) is 82.3 Å². The highest BCUT2D eigenvalue weighted by atomic mass is 32.1. The first-order valence-electron chi connectivity index (χ1n) is 20.7. The van der Waals surface area contributed by atoms with Crippen molar-refractivity contribution >= 4 is 34.2 Å². The number of aromatic nitrogens is 5. The number of carbonyl (C=O) groups is 2. The predicted octanol–water partition coefficient (Wildman–Crippen LogP) is 9.06. The lowest BCUT2D eigenvalue weighted by Gasteiger charge is -2.30. The van der Waals surface area contributed by atoms with Gasteiger partial charge in [0.1, 0.15) is 29.3 Å². The summed E-state index contributed by atoms with van der Waals surface area (Å²) in [4.78, 5) is 46.3. The number of imidazole rings is 2. The molecule has 0 bridgehead atoms. The maximum absolute atomic E-state index is 16.7. The number of nitrogens with zero attached hydrogens (tertiary/aromatic N) is 4. The van der Waals surface area contributed by atoms with Gasteiger partial charge in [0.25, 0.3) is 0 Å². The number of likely N-dealkylation sites (tertiary alicyclic amines) is 1. The van der Waals surface area contributed by atoms with Crippen LogP contribution in [0, 0.1) is 23.6 Å². The summed E-state index contributed by atoms with van der Waals surface area (Å²) in [7, 11) is 1.28. The third kappa shape index (κ3) is 6.42. The van der Waals surface area contributed by atoms with Crippen molar-refractivity contribution < 1.29 is 23.5 Å². The van der Waals surface area contributed by atoms with E-state index in [1.807, 2.05) is 26.1 Å². The van der Waals surface area contributed by atoms with E-state index in [1.54, 1.807) is 22.4 Å². The zero-order chi connectivity index (χ0) is 40.9. The van der Waals surface area contributed by atoms with Gasteiger partial charge in [-0.2, -0.15) is 0 Å². The van der Waals surface area contributed by atoms with Crippen LogP contribution in [0.1, 0.15) is 99.5 Å². The highest BCUT2D eigenvalue weighted by Gasteiger charge is 2.54. The lowest BCUT2D eigenvalue weighted by molar-refractivity contribution is -0.135. The average Bonchev–Trinajstić information content (AvgIpc) is 4.02. The monoisotopic (exact) mass is 816 g/mol. The maximum Gasteiger partial charge on any atom is 0.407 e. The summed E-state index contributed by atoms with van der Waals surface area (Å²) in [6.45, 7) is 11.0. The lowest BCUT2D eigenvalue weighted by atomic mass is 10.0. The molecule has 4 aromatic heterocycles. The van der Waals surface area contributed by atoms with Gasteiger partial charge in [-0.15, -0.1) is 11.3 Å². The molecule has 0 radical (unpaired) electrons. The lowest BCUT2D eigenvalue weighted by Crippen LogP contribution is -2.51. The van der Waals surface area contributed by atoms with Crippen LogP contribution in [-0.2, 0) is 9.53 Å². The molecule has 7 heterocycles. The molecule has 2 saturated heterocycles. The van der Waals surface area contributed by atoms with Gasteiger partial charge in [-0.3, -0.25) is 9.36 Å². The van der Waals surface area contributed by atoms with Crippen LogP contribution in [0.5, 0.6) is 5.75 Å². The molecular weight excluding hydrogens is 768 g/mol. The number of alkyl carbamates (subject to hydrolysis) is 1. The quantitative estimate of drug-likeness (QED) is 0.114. The first-order valence-corrected chi connectivity index (χ1v) is 21.6. The number of halogens is 1. The number of ether oxygens (including phenoxy) is 2. The van der Waals surface area contributed by atoms with Crippen molar-refractivity contribution in [3.05, 3.63) is 88.1 Å². The summed E-state index contributed by atoms with van der Waals surface area (Å²) in [5, 5.41) is 7.40. The summed E-state index contributed by atoms with van der Waals surface area (Å²) in [5.41, 5.74) is 5.25. The second-order valence-electron chi connectivity index (χ2n) is 17.3. The minimum atomic E-state index is -0.744. The van der Waals surface area contributed by atoms with E-state index < -0.39 is 24.2 Å². The van der Waals surface area contributed by atoms with Crippen molar-refractivity contribution in [1.29, 1.82) is 0 Å². The van der Waals surface area contributed by atoms with Crippen molar-refractivity contribution in [2.45, 2.75) is 90.2 Å². The number of rotatable bonds is 9.